The normalized spacial score (nSPS) is 14.3. The lowest BCUT2D eigenvalue weighted by Crippen LogP contribution is -2.56. The number of hydrogen-bond donors (Lipinski definition) is 6. The largest absolute Gasteiger partial charge is 0.480 e. The molecule has 0 saturated carbocycles. The molecule has 0 aromatic heterocycles. The molecular formula is C7H19BClN3O6S. The number of nitrogens with one attached hydrogen (secondary N) is 1. The summed E-state index contributed by atoms with van der Waals surface area (Å²) in [6, 6.07) is 0. The maximum Gasteiger partial charge on any atom is 0.451 e. The Bertz CT molecular complexity index is 381. The second kappa shape index (κ2) is 8.69. The summed E-state index contributed by atoms with van der Waals surface area (Å²) in [5, 5.41) is 30.8. The maximum atomic E-state index is 11.0. The van der Waals surface area contributed by atoms with Crippen LogP contribution in [0.25, 0.3) is 0 Å². The van der Waals surface area contributed by atoms with Crippen LogP contribution in [-0.4, -0.2) is 48.7 Å². The first kappa shape index (κ1) is 20.9. The third kappa shape index (κ3) is 10.1. The summed E-state index contributed by atoms with van der Waals surface area (Å²) in [6.07, 6.45) is 0.752. The molecular weight excluding hydrogens is 300 g/mol. The van der Waals surface area contributed by atoms with Crippen molar-refractivity contribution in [3.05, 3.63) is 0 Å². The quantitative estimate of drug-likeness (QED) is 0.203. The van der Waals surface area contributed by atoms with Gasteiger partial charge in [-0.3, -0.25) is 4.79 Å². The smallest absolute Gasteiger partial charge is 0.451 e. The number of carbonyl (C=O) groups is 1. The number of carboxylic acid groups (broad SMARTS) is 1. The fourth-order valence-electron chi connectivity index (χ4n) is 1.27. The van der Waals surface area contributed by atoms with E-state index >= 15 is 0 Å². The van der Waals surface area contributed by atoms with Crippen molar-refractivity contribution in [1.82, 2.24) is 4.72 Å². The van der Waals surface area contributed by atoms with Gasteiger partial charge in [0, 0.05) is 6.54 Å². The lowest BCUT2D eigenvalue weighted by Gasteiger charge is -2.24. The Morgan fingerprint density at radius 1 is 1.32 bits per heavy atom. The Labute approximate surface area is 118 Å². The van der Waals surface area contributed by atoms with E-state index < -0.39 is 35.4 Å². The van der Waals surface area contributed by atoms with Crippen molar-refractivity contribution in [1.29, 1.82) is 0 Å². The molecule has 0 amide bonds. The van der Waals surface area contributed by atoms with Crippen LogP contribution in [0.5, 0.6) is 0 Å². The van der Waals surface area contributed by atoms with E-state index in [4.69, 9.17) is 20.9 Å². The summed E-state index contributed by atoms with van der Waals surface area (Å²) < 4.78 is 23.2. The minimum atomic E-state index is -4.01. The average Bonchev–Trinajstić information content (AvgIpc) is 2.20. The first-order valence-electron chi connectivity index (χ1n) is 5.22. The summed E-state index contributed by atoms with van der Waals surface area (Å²) >= 11 is 0. The van der Waals surface area contributed by atoms with Gasteiger partial charge in [-0.25, -0.2) is 9.86 Å². The zero-order valence-corrected chi connectivity index (χ0v) is 11.8. The molecule has 0 aliphatic carbocycles. The number of carboxylic acids is 1. The molecule has 12 heteroatoms. The van der Waals surface area contributed by atoms with Crippen LogP contribution < -0.4 is 15.6 Å². The highest BCUT2D eigenvalue weighted by Crippen LogP contribution is 2.13. The van der Waals surface area contributed by atoms with Crippen molar-refractivity contribution in [3.8, 4) is 0 Å². The van der Waals surface area contributed by atoms with Crippen molar-refractivity contribution in [2.45, 2.75) is 31.1 Å². The van der Waals surface area contributed by atoms with Gasteiger partial charge in [0.15, 0.2) is 0 Å². The Morgan fingerprint density at radius 3 is 2.21 bits per heavy atom. The predicted octanol–water partition coefficient (Wildman–Crippen LogP) is -2.37. The summed E-state index contributed by atoms with van der Waals surface area (Å²) in [5.41, 5.74) is 3.79. The molecule has 9 nitrogen and oxygen atoms in total. The minimum Gasteiger partial charge on any atom is -0.480 e. The summed E-state index contributed by atoms with van der Waals surface area (Å²) in [5.74, 6) is -1.36. The second-order valence-electron chi connectivity index (χ2n) is 4.05. The van der Waals surface area contributed by atoms with Crippen molar-refractivity contribution < 1.29 is 28.4 Å². The number of hydrogen-bond acceptors (Lipinski definition) is 6. The summed E-state index contributed by atoms with van der Waals surface area (Å²) in [7, 11) is -5.46. The van der Waals surface area contributed by atoms with Crippen LogP contribution in [0, 0.1) is 0 Å². The van der Waals surface area contributed by atoms with Crippen molar-refractivity contribution in [2.75, 3.05) is 6.54 Å². The number of rotatable bonds is 9. The zero-order valence-electron chi connectivity index (χ0n) is 10.2. The van der Waals surface area contributed by atoms with E-state index in [9.17, 15) is 13.2 Å². The topological polar surface area (TPSA) is 176 Å². The third-order valence-electron chi connectivity index (χ3n) is 2.35. The van der Waals surface area contributed by atoms with E-state index in [0.717, 1.165) is 0 Å². The summed E-state index contributed by atoms with van der Waals surface area (Å²) in [4.78, 5) is 11.0. The van der Waals surface area contributed by atoms with Gasteiger partial charge >= 0.3 is 13.1 Å². The van der Waals surface area contributed by atoms with Crippen LogP contribution in [0.1, 0.15) is 19.3 Å². The molecule has 0 radical (unpaired) electrons. The van der Waals surface area contributed by atoms with Gasteiger partial charge in [0.1, 0.15) is 5.54 Å². The molecule has 1 atom stereocenters. The highest BCUT2D eigenvalue weighted by atomic mass is 35.5. The van der Waals surface area contributed by atoms with E-state index in [-0.39, 0.29) is 25.1 Å². The van der Waals surface area contributed by atoms with Crippen molar-refractivity contribution in [3.63, 3.8) is 0 Å². The van der Waals surface area contributed by atoms with E-state index in [0.29, 0.717) is 12.8 Å². The van der Waals surface area contributed by atoms with Gasteiger partial charge in [-0.1, -0.05) is 12.8 Å². The van der Waals surface area contributed by atoms with E-state index in [1.54, 1.807) is 0 Å². The van der Waals surface area contributed by atoms with Gasteiger partial charge in [-0.2, -0.15) is 8.42 Å². The standard InChI is InChI=1S/C7H18BN3O6S.ClH/c9-7(6(12)13,5-11-18(10,16)17)3-1-2-4-8(14)15;/h11,14-15H,1-5,9H2,(H,12,13)(H2,10,16,17);1H. The van der Waals surface area contributed by atoms with E-state index in [1.165, 1.54) is 0 Å². The predicted molar refractivity (Wildman–Crippen MR) is 71.8 cm³/mol. The molecule has 0 bridgehead atoms. The molecule has 0 fully saturated rings. The van der Waals surface area contributed by atoms with Gasteiger partial charge in [-0.15, -0.1) is 12.4 Å². The Morgan fingerprint density at radius 2 is 1.84 bits per heavy atom. The van der Waals surface area contributed by atoms with Crippen molar-refractivity contribution >= 4 is 35.7 Å². The fourth-order valence-corrected chi connectivity index (χ4v) is 1.73. The molecule has 0 heterocycles. The molecule has 0 aliphatic rings. The number of unbranched alkanes of at least 4 members (excludes halogenated alkanes) is 1. The summed E-state index contributed by atoms with van der Waals surface area (Å²) in [6.45, 7) is -0.525. The minimum absolute atomic E-state index is 0. The van der Waals surface area contributed by atoms with Crippen LogP contribution in [0.3, 0.4) is 0 Å². The molecule has 114 valence electrons. The zero-order chi connectivity index (χ0) is 14.4. The van der Waals surface area contributed by atoms with Crippen LogP contribution in [0.4, 0.5) is 0 Å². The molecule has 0 spiro atoms. The molecule has 0 aliphatic heterocycles. The molecule has 0 saturated heterocycles. The van der Waals surface area contributed by atoms with Crippen LogP contribution in [0.15, 0.2) is 0 Å². The van der Waals surface area contributed by atoms with Gasteiger partial charge in [0.25, 0.3) is 10.2 Å². The Balaban J connectivity index is 0. The van der Waals surface area contributed by atoms with E-state index in [1.807, 2.05) is 4.72 Å². The van der Waals surface area contributed by atoms with Gasteiger partial charge in [0.05, 0.1) is 0 Å². The maximum absolute atomic E-state index is 11.0. The number of halogens is 1. The lowest BCUT2D eigenvalue weighted by molar-refractivity contribution is -0.143. The number of aliphatic carboxylic acids is 1. The molecule has 8 N–H and O–H groups in total. The average molecular weight is 320 g/mol. The van der Waals surface area contributed by atoms with Gasteiger partial charge in [-0.05, 0) is 12.7 Å². The first-order chi connectivity index (χ1) is 8.07. The van der Waals surface area contributed by atoms with Crippen molar-refractivity contribution in [2.24, 2.45) is 10.9 Å². The lowest BCUT2D eigenvalue weighted by atomic mass is 9.82. The Kier molecular flexibility index (Phi) is 9.55. The Hall–Kier alpha value is -0.425. The molecule has 0 aromatic carbocycles. The molecule has 0 aromatic rings. The van der Waals surface area contributed by atoms with Gasteiger partial charge < -0.3 is 20.9 Å². The highest BCUT2D eigenvalue weighted by molar-refractivity contribution is 7.87. The van der Waals surface area contributed by atoms with Gasteiger partial charge in [0.2, 0.25) is 0 Å². The van der Waals surface area contributed by atoms with Crippen LogP contribution in [-0.2, 0) is 15.0 Å². The first-order valence-corrected chi connectivity index (χ1v) is 6.77. The second-order valence-corrected chi connectivity index (χ2v) is 5.43. The fraction of sp³-hybridized carbons (Fsp3) is 0.857. The SMILES string of the molecule is Cl.NC(CCCCB(O)O)(CNS(N)(=O)=O)C(=O)O. The van der Waals surface area contributed by atoms with Crippen LogP contribution >= 0.6 is 12.4 Å². The highest BCUT2D eigenvalue weighted by Gasteiger charge is 2.34. The molecule has 19 heavy (non-hydrogen) atoms. The van der Waals surface area contributed by atoms with Crippen LogP contribution in [0.2, 0.25) is 6.32 Å². The monoisotopic (exact) mass is 319 g/mol. The third-order valence-corrected chi connectivity index (χ3v) is 2.90. The number of nitrogens with two attached hydrogens (primary N) is 2. The van der Waals surface area contributed by atoms with E-state index in [2.05, 4.69) is 5.14 Å². The molecule has 1 unspecified atom stereocenters. The molecule has 0 rings (SSSR count).